The highest BCUT2D eigenvalue weighted by molar-refractivity contribution is 7.17. The van der Waals surface area contributed by atoms with Crippen molar-refractivity contribution in [2.24, 2.45) is 0 Å². The molecule has 4 aromatic rings. The minimum Gasteiger partial charge on any atom is -0.349 e. The number of benzene rings is 3. The molecule has 1 saturated carbocycles. The molecule has 2 N–H and O–H groups in total. The van der Waals surface area contributed by atoms with Crippen LogP contribution in [0.4, 0.5) is 5.69 Å². The zero-order chi connectivity index (χ0) is 21.9. The Balaban J connectivity index is 1.41. The van der Waals surface area contributed by atoms with Gasteiger partial charge in [0.1, 0.15) is 9.88 Å². The van der Waals surface area contributed by atoms with Crippen LogP contribution in [0.1, 0.15) is 32.9 Å². The van der Waals surface area contributed by atoms with Crippen LogP contribution in [0.5, 0.6) is 0 Å². The summed E-state index contributed by atoms with van der Waals surface area (Å²) in [5.41, 5.74) is 3.74. The van der Waals surface area contributed by atoms with Gasteiger partial charge in [-0.2, -0.15) is 0 Å². The van der Waals surface area contributed by atoms with Crippen LogP contribution in [-0.4, -0.2) is 22.8 Å². The first kappa shape index (κ1) is 20.2. The summed E-state index contributed by atoms with van der Waals surface area (Å²) in [6.45, 7) is 0. The summed E-state index contributed by atoms with van der Waals surface area (Å²) in [7, 11) is 0. The molecule has 1 aliphatic carbocycles. The first-order valence-corrected chi connectivity index (χ1v) is 11.3. The molecule has 3 aromatic carbocycles. The van der Waals surface area contributed by atoms with Gasteiger partial charge in [0.25, 0.3) is 11.8 Å². The molecular formula is C26H21N3O2S. The maximum absolute atomic E-state index is 13.2. The van der Waals surface area contributed by atoms with Crippen LogP contribution in [0.15, 0.2) is 84.9 Å². The fourth-order valence-electron chi connectivity index (χ4n) is 3.36. The summed E-state index contributed by atoms with van der Waals surface area (Å²) < 4.78 is 0. The largest absolute Gasteiger partial charge is 0.349 e. The highest BCUT2D eigenvalue weighted by atomic mass is 32.1. The lowest BCUT2D eigenvalue weighted by Crippen LogP contribution is -2.25. The van der Waals surface area contributed by atoms with Crippen LogP contribution >= 0.6 is 11.3 Å². The summed E-state index contributed by atoms with van der Waals surface area (Å²) in [6.07, 6.45) is 2.09. The second kappa shape index (κ2) is 8.77. The van der Waals surface area contributed by atoms with Gasteiger partial charge in [-0.15, -0.1) is 11.3 Å². The Kier molecular flexibility index (Phi) is 5.52. The predicted octanol–water partition coefficient (Wildman–Crippen LogP) is 5.62. The van der Waals surface area contributed by atoms with E-state index in [0.29, 0.717) is 27.9 Å². The van der Waals surface area contributed by atoms with E-state index in [-0.39, 0.29) is 11.8 Å². The van der Waals surface area contributed by atoms with Gasteiger partial charge in [-0.05, 0) is 37.1 Å². The lowest BCUT2D eigenvalue weighted by molar-refractivity contribution is 0.0950. The number of rotatable bonds is 6. The molecule has 0 saturated heterocycles. The summed E-state index contributed by atoms with van der Waals surface area (Å²) in [5.74, 6) is -0.301. The zero-order valence-corrected chi connectivity index (χ0v) is 18.1. The number of anilines is 1. The van der Waals surface area contributed by atoms with E-state index >= 15 is 0 Å². The van der Waals surface area contributed by atoms with E-state index in [1.165, 1.54) is 11.3 Å². The van der Waals surface area contributed by atoms with E-state index in [1.54, 1.807) is 24.3 Å². The van der Waals surface area contributed by atoms with Crippen LogP contribution in [0, 0.1) is 0 Å². The molecule has 1 heterocycles. The molecule has 0 spiro atoms. The highest BCUT2D eigenvalue weighted by Crippen LogP contribution is 2.34. The molecule has 5 rings (SSSR count). The van der Waals surface area contributed by atoms with Crippen molar-refractivity contribution in [1.82, 2.24) is 10.3 Å². The van der Waals surface area contributed by atoms with E-state index in [2.05, 4.69) is 10.6 Å². The molecule has 6 heteroatoms. The average Bonchev–Trinajstić information content (AvgIpc) is 3.54. The molecule has 0 bridgehead atoms. The van der Waals surface area contributed by atoms with Gasteiger partial charge >= 0.3 is 0 Å². The Hall–Kier alpha value is -3.77. The number of amides is 2. The standard InChI is InChI=1S/C26H21N3O2S/c30-24(27-21-15-16-21)18-11-13-20(14-12-18)28-25(31)23-22(17-7-3-1-4-8-17)29-26(32-23)19-9-5-2-6-10-19/h1-14,21H,15-16H2,(H,27,30)(H,28,31). The monoisotopic (exact) mass is 439 g/mol. The average molecular weight is 440 g/mol. The topological polar surface area (TPSA) is 71.1 Å². The molecule has 32 heavy (non-hydrogen) atoms. The van der Waals surface area contributed by atoms with Gasteiger partial charge in [0.2, 0.25) is 0 Å². The molecule has 0 atom stereocenters. The molecule has 1 aromatic heterocycles. The predicted molar refractivity (Wildman–Crippen MR) is 128 cm³/mol. The Morgan fingerprint density at radius 2 is 1.41 bits per heavy atom. The van der Waals surface area contributed by atoms with E-state index in [1.807, 2.05) is 60.7 Å². The Labute approximate surface area is 190 Å². The molecule has 2 amide bonds. The van der Waals surface area contributed by atoms with Crippen molar-refractivity contribution in [2.45, 2.75) is 18.9 Å². The Morgan fingerprint density at radius 1 is 0.781 bits per heavy atom. The third-order valence-corrected chi connectivity index (χ3v) is 6.32. The normalized spacial score (nSPS) is 12.9. The van der Waals surface area contributed by atoms with Crippen molar-refractivity contribution in [2.75, 3.05) is 5.32 Å². The van der Waals surface area contributed by atoms with Crippen LogP contribution < -0.4 is 10.6 Å². The molecular weight excluding hydrogens is 418 g/mol. The van der Waals surface area contributed by atoms with E-state index < -0.39 is 0 Å². The Morgan fingerprint density at radius 3 is 2.03 bits per heavy atom. The fraction of sp³-hybridized carbons (Fsp3) is 0.115. The van der Waals surface area contributed by atoms with Gasteiger partial charge in [-0.3, -0.25) is 9.59 Å². The molecule has 0 unspecified atom stereocenters. The van der Waals surface area contributed by atoms with Crippen LogP contribution in [0.25, 0.3) is 21.8 Å². The van der Waals surface area contributed by atoms with Gasteiger partial charge < -0.3 is 10.6 Å². The van der Waals surface area contributed by atoms with Gasteiger partial charge in [-0.25, -0.2) is 4.98 Å². The molecule has 158 valence electrons. The maximum atomic E-state index is 13.2. The molecule has 1 aliphatic rings. The second-order valence-corrected chi connectivity index (χ2v) is 8.71. The van der Waals surface area contributed by atoms with Crippen molar-refractivity contribution in [3.63, 3.8) is 0 Å². The first-order chi connectivity index (χ1) is 15.7. The number of aromatic nitrogens is 1. The summed E-state index contributed by atoms with van der Waals surface area (Å²) in [4.78, 5) is 30.7. The van der Waals surface area contributed by atoms with Crippen molar-refractivity contribution >= 4 is 28.8 Å². The van der Waals surface area contributed by atoms with E-state index in [0.717, 1.165) is 29.0 Å². The number of carbonyl (C=O) groups excluding carboxylic acids is 2. The molecule has 5 nitrogen and oxygen atoms in total. The first-order valence-electron chi connectivity index (χ1n) is 10.5. The minimum absolute atomic E-state index is 0.0771. The SMILES string of the molecule is O=C(NC1CC1)c1ccc(NC(=O)c2sc(-c3ccccc3)nc2-c2ccccc2)cc1. The number of hydrogen-bond acceptors (Lipinski definition) is 4. The smallest absolute Gasteiger partial charge is 0.268 e. The summed E-state index contributed by atoms with van der Waals surface area (Å²) in [6, 6.07) is 26.8. The van der Waals surface area contributed by atoms with E-state index in [9.17, 15) is 9.59 Å². The van der Waals surface area contributed by atoms with Gasteiger partial charge in [0, 0.05) is 28.4 Å². The number of carbonyl (C=O) groups is 2. The second-order valence-electron chi connectivity index (χ2n) is 7.71. The summed E-state index contributed by atoms with van der Waals surface area (Å²) >= 11 is 1.37. The summed E-state index contributed by atoms with van der Waals surface area (Å²) in [5, 5.41) is 6.71. The van der Waals surface area contributed by atoms with Gasteiger partial charge in [0.15, 0.2) is 0 Å². The maximum Gasteiger partial charge on any atom is 0.268 e. The number of hydrogen-bond donors (Lipinski definition) is 2. The van der Waals surface area contributed by atoms with Crippen molar-refractivity contribution in [3.05, 3.63) is 95.4 Å². The third kappa shape index (κ3) is 4.45. The quantitative estimate of drug-likeness (QED) is 0.409. The van der Waals surface area contributed by atoms with Crippen molar-refractivity contribution < 1.29 is 9.59 Å². The van der Waals surface area contributed by atoms with Crippen LogP contribution in [0.2, 0.25) is 0 Å². The van der Waals surface area contributed by atoms with Crippen LogP contribution in [-0.2, 0) is 0 Å². The molecule has 0 radical (unpaired) electrons. The number of nitrogens with one attached hydrogen (secondary N) is 2. The number of nitrogens with zero attached hydrogens (tertiary/aromatic N) is 1. The zero-order valence-electron chi connectivity index (χ0n) is 17.2. The molecule has 1 fully saturated rings. The van der Waals surface area contributed by atoms with Gasteiger partial charge in [-0.1, -0.05) is 60.7 Å². The fourth-order valence-corrected chi connectivity index (χ4v) is 4.35. The molecule has 0 aliphatic heterocycles. The lowest BCUT2D eigenvalue weighted by Gasteiger charge is -2.07. The van der Waals surface area contributed by atoms with Crippen molar-refractivity contribution in [1.29, 1.82) is 0 Å². The van der Waals surface area contributed by atoms with E-state index in [4.69, 9.17) is 4.98 Å². The van der Waals surface area contributed by atoms with Crippen molar-refractivity contribution in [3.8, 4) is 21.8 Å². The van der Waals surface area contributed by atoms with Crippen LogP contribution in [0.3, 0.4) is 0 Å². The lowest BCUT2D eigenvalue weighted by atomic mass is 10.1. The third-order valence-electron chi connectivity index (χ3n) is 5.22. The number of thiazole rings is 1. The minimum atomic E-state index is -0.223. The Bertz CT molecular complexity index is 1250. The van der Waals surface area contributed by atoms with Gasteiger partial charge in [0.05, 0.1) is 5.69 Å². The highest BCUT2D eigenvalue weighted by Gasteiger charge is 2.24.